The maximum Gasteiger partial charge on any atom is 0.286 e. The van der Waals surface area contributed by atoms with Gasteiger partial charge in [0.2, 0.25) is 0 Å². The standard InChI is InChI=1S/C18H15F2N3O4S/c1-2-27-8-7-22-16-13(20)9-11(19)10-15(16)28-18(22)21-17(24)12-5-3-4-6-14(12)23(25)26/h3-6,9-10H,2,7-8H2,1H3. The van der Waals surface area contributed by atoms with Gasteiger partial charge in [-0.2, -0.15) is 4.99 Å². The molecule has 0 spiro atoms. The third-order valence-electron chi connectivity index (χ3n) is 3.89. The van der Waals surface area contributed by atoms with Crippen LogP contribution in [0.3, 0.4) is 0 Å². The molecule has 1 amide bonds. The highest BCUT2D eigenvalue weighted by Crippen LogP contribution is 2.23. The van der Waals surface area contributed by atoms with Gasteiger partial charge in [0.1, 0.15) is 11.4 Å². The van der Waals surface area contributed by atoms with Gasteiger partial charge in [-0.25, -0.2) is 8.78 Å². The first-order valence-corrected chi connectivity index (χ1v) is 9.12. The van der Waals surface area contributed by atoms with Crippen molar-refractivity contribution in [2.24, 2.45) is 4.99 Å². The number of hydrogen-bond acceptors (Lipinski definition) is 5. The van der Waals surface area contributed by atoms with Crippen molar-refractivity contribution in [1.29, 1.82) is 0 Å². The Morgan fingerprint density at radius 1 is 1.32 bits per heavy atom. The van der Waals surface area contributed by atoms with Crippen molar-refractivity contribution in [1.82, 2.24) is 4.57 Å². The number of nitro benzene ring substituents is 1. The van der Waals surface area contributed by atoms with Gasteiger partial charge in [-0.1, -0.05) is 23.5 Å². The number of benzene rings is 2. The van der Waals surface area contributed by atoms with Crippen LogP contribution in [0.1, 0.15) is 17.3 Å². The Morgan fingerprint density at radius 2 is 2.07 bits per heavy atom. The van der Waals surface area contributed by atoms with Crippen LogP contribution in [0.4, 0.5) is 14.5 Å². The number of aromatic nitrogens is 1. The van der Waals surface area contributed by atoms with E-state index < -0.39 is 22.5 Å². The lowest BCUT2D eigenvalue weighted by Crippen LogP contribution is -2.20. The molecule has 0 radical (unpaired) electrons. The van der Waals surface area contributed by atoms with Crippen LogP contribution in [0.2, 0.25) is 0 Å². The van der Waals surface area contributed by atoms with Gasteiger partial charge in [-0.15, -0.1) is 0 Å². The van der Waals surface area contributed by atoms with Crippen LogP contribution in [-0.4, -0.2) is 28.6 Å². The number of hydrogen-bond donors (Lipinski definition) is 0. The number of amides is 1. The summed E-state index contributed by atoms with van der Waals surface area (Å²) in [5, 5.41) is 11.1. The Hall–Kier alpha value is -2.98. The fourth-order valence-electron chi connectivity index (χ4n) is 2.68. The van der Waals surface area contributed by atoms with E-state index >= 15 is 0 Å². The number of ether oxygens (including phenoxy) is 1. The monoisotopic (exact) mass is 407 g/mol. The predicted molar refractivity (Wildman–Crippen MR) is 99.2 cm³/mol. The average molecular weight is 407 g/mol. The molecule has 0 atom stereocenters. The van der Waals surface area contributed by atoms with E-state index in [0.29, 0.717) is 6.61 Å². The highest BCUT2D eigenvalue weighted by Gasteiger charge is 2.20. The zero-order valence-electron chi connectivity index (χ0n) is 14.7. The second-order valence-electron chi connectivity index (χ2n) is 5.66. The van der Waals surface area contributed by atoms with E-state index in [2.05, 4.69) is 4.99 Å². The van der Waals surface area contributed by atoms with Crippen LogP contribution < -0.4 is 4.80 Å². The Bertz CT molecular complexity index is 1120. The van der Waals surface area contributed by atoms with Crippen LogP contribution >= 0.6 is 11.3 Å². The first-order valence-electron chi connectivity index (χ1n) is 8.31. The molecule has 10 heteroatoms. The Balaban J connectivity index is 2.16. The molecule has 0 saturated heterocycles. The van der Waals surface area contributed by atoms with E-state index in [1.165, 1.54) is 28.8 Å². The molecule has 3 aromatic rings. The van der Waals surface area contributed by atoms with Crippen LogP contribution in [0.25, 0.3) is 10.2 Å². The summed E-state index contributed by atoms with van der Waals surface area (Å²) in [6.45, 7) is 2.66. The molecule has 0 saturated carbocycles. The van der Waals surface area contributed by atoms with E-state index in [9.17, 15) is 23.7 Å². The molecule has 0 unspecified atom stereocenters. The van der Waals surface area contributed by atoms with Crippen LogP contribution in [0.15, 0.2) is 41.4 Å². The molecule has 2 aromatic carbocycles. The van der Waals surface area contributed by atoms with Crippen LogP contribution in [-0.2, 0) is 11.3 Å². The van der Waals surface area contributed by atoms with Gasteiger partial charge >= 0.3 is 0 Å². The van der Waals surface area contributed by atoms with E-state index in [1.54, 1.807) is 6.92 Å². The largest absolute Gasteiger partial charge is 0.380 e. The highest BCUT2D eigenvalue weighted by atomic mass is 32.1. The number of fused-ring (bicyclic) bond motifs is 1. The topological polar surface area (TPSA) is 86.7 Å². The maximum atomic E-state index is 14.3. The van der Waals surface area contributed by atoms with Crippen molar-refractivity contribution < 1.29 is 23.2 Å². The Labute approximate surface area is 161 Å². The Morgan fingerprint density at radius 3 is 2.79 bits per heavy atom. The van der Waals surface area contributed by atoms with E-state index in [4.69, 9.17) is 4.74 Å². The lowest BCUT2D eigenvalue weighted by Gasteiger charge is -2.06. The van der Waals surface area contributed by atoms with E-state index in [0.717, 1.165) is 23.5 Å². The van der Waals surface area contributed by atoms with Crippen molar-refractivity contribution in [2.45, 2.75) is 13.5 Å². The molecule has 3 rings (SSSR count). The summed E-state index contributed by atoms with van der Waals surface area (Å²) in [7, 11) is 0. The van der Waals surface area contributed by atoms with Gasteiger partial charge in [0.05, 0.1) is 21.7 Å². The number of rotatable bonds is 6. The highest BCUT2D eigenvalue weighted by molar-refractivity contribution is 7.16. The second kappa shape index (κ2) is 8.36. The van der Waals surface area contributed by atoms with E-state index in [1.807, 2.05) is 0 Å². The number of carbonyl (C=O) groups is 1. The predicted octanol–water partition coefficient (Wildman–Crippen LogP) is 3.67. The van der Waals surface area contributed by atoms with Crippen LogP contribution in [0.5, 0.6) is 0 Å². The average Bonchev–Trinajstić information content (AvgIpc) is 2.99. The maximum absolute atomic E-state index is 14.3. The summed E-state index contributed by atoms with van der Waals surface area (Å²) in [5.41, 5.74) is -0.469. The lowest BCUT2D eigenvalue weighted by atomic mass is 10.2. The number of thiazole rings is 1. The molecule has 1 heterocycles. The molecule has 0 aliphatic carbocycles. The minimum Gasteiger partial charge on any atom is -0.380 e. The molecule has 7 nitrogen and oxygen atoms in total. The van der Waals surface area contributed by atoms with Gasteiger partial charge in [0.15, 0.2) is 10.6 Å². The molecular weight excluding hydrogens is 392 g/mol. The fourth-order valence-corrected chi connectivity index (χ4v) is 3.78. The number of nitro groups is 1. The molecule has 1 aromatic heterocycles. The summed E-state index contributed by atoms with van der Waals surface area (Å²) < 4.78 is 34.9. The number of nitrogens with zero attached hydrogens (tertiary/aromatic N) is 3. The Kier molecular flexibility index (Phi) is 5.90. The van der Waals surface area contributed by atoms with E-state index in [-0.39, 0.29) is 39.4 Å². The number of halogens is 2. The lowest BCUT2D eigenvalue weighted by molar-refractivity contribution is -0.385. The molecule has 0 aliphatic rings. The van der Waals surface area contributed by atoms with Gasteiger partial charge in [-0.05, 0) is 19.1 Å². The molecule has 0 fully saturated rings. The van der Waals surface area contributed by atoms with Gasteiger partial charge in [0, 0.05) is 25.3 Å². The van der Waals surface area contributed by atoms with Gasteiger partial charge < -0.3 is 9.30 Å². The third kappa shape index (κ3) is 3.97. The van der Waals surface area contributed by atoms with Crippen LogP contribution in [0, 0.1) is 21.7 Å². The quantitative estimate of drug-likeness (QED) is 0.354. The summed E-state index contributed by atoms with van der Waals surface area (Å²) in [6, 6.07) is 7.32. The summed E-state index contributed by atoms with van der Waals surface area (Å²) in [5.74, 6) is -2.38. The van der Waals surface area contributed by atoms with Gasteiger partial charge in [0.25, 0.3) is 11.6 Å². The SMILES string of the molecule is CCOCCn1c(=NC(=O)c2ccccc2[N+](=O)[O-])sc2cc(F)cc(F)c21. The number of para-hydroxylation sites is 1. The molecule has 0 aliphatic heterocycles. The second-order valence-corrected chi connectivity index (χ2v) is 6.67. The third-order valence-corrected chi connectivity index (χ3v) is 4.91. The van der Waals surface area contributed by atoms with Crippen molar-refractivity contribution in [3.63, 3.8) is 0 Å². The summed E-state index contributed by atoms with van der Waals surface area (Å²) in [4.78, 5) is 27.1. The normalized spacial score (nSPS) is 11.9. The smallest absolute Gasteiger partial charge is 0.286 e. The van der Waals surface area contributed by atoms with Crippen molar-refractivity contribution in [3.8, 4) is 0 Å². The minimum absolute atomic E-state index is 0.0974. The first-order chi connectivity index (χ1) is 13.4. The molecule has 0 bridgehead atoms. The summed E-state index contributed by atoms with van der Waals surface area (Å²) in [6.07, 6.45) is 0. The fraction of sp³-hybridized carbons (Fsp3) is 0.222. The molecular formula is C18H15F2N3O4S. The van der Waals surface area contributed by atoms with Crippen molar-refractivity contribution in [2.75, 3.05) is 13.2 Å². The minimum atomic E-state index is -0.843. The summed E-state index contributed by atoms with van der Waals surface area (Å²) >= 11 is 0.918. The molecule has 28 heavy (non-hydrogen) atoms. The zero-order chi connectivity index (χ0) is 20.3. The zero-order valence-corrected chi connectivity index (χ0v) is 15.5. The molecule has 0 N–H and O–H groups in total. The molecule has 146 valence electrons. The first kappa shape index (κ1) is 19.8. The number of carbonyl (C=O) groups excluding carboxylic acids is 1. The van der Waals surface area contributed by atoms with Crippen molar-refractivity contribution >= 4 is 33.1 Å². The van der Waals surface area contributed by atoms with Gasteiger partial charge in [-0.3, -0.25) is 14.9 Å². The van der Waals surface area contributed by atoms with Crippen molar-refractivity contribution in [3.05, 3.63) is 68.5 Å².